The Hall–Kier alpha value is -2.38. The zero-order valence-corrected chi connectivity index (χ0v) is 19.0. The topological polar surface area (TPSA) is 79.3 Å². The number of aliphatic hydroxyl groups excluding tert-OH is 1. The number of methoxy groups -OCH3 is 2. The van der Waals surface area contributed by atoms with E-state index in [1.165, 1.54) is 6.92 Å². The molecule has 168 valence electrons. The van der Waals surface area contributed by atoms with Gasteiger partial charge in [-0.1, -0.05) is 11.6 Å². The molecule has 3 fully saturated rings. The van der Waals surface area contributed by atoms with Crippen LogP contribution in [0, 0.1) is 11.8 Å². The molecule has 1 amide bonds. The predicted octanol–water partition coefficient (Wildman–Crippen LogP) is 2.16. The van der Waals surface area contributed by atoms with E-state index < -0.39 is 11.5 Å². The summed E-state index contributed by atoms with van der Waals surface area (Å²) in [5.41, 5.74) is 1.78. The van der Waals surface area contributed by atoms with Crippen molar-refractivity contribution in [1.82, 2.24) is 4.90 Å². The van der Waals surface area contributed by atoms with Gasteiger partial charge in [-0.25, -0.2) is 0 Å². The van der Waals surface area contributed by atoms with Crippen LogP contribution in [0.1, 0.15) is 32.3 Å². The van der Waals surface area contributed by atoms with Crippen LogP contribution in [-0.2, 0) is 15.0 Å². The molecule has 31 heavy (non-hydrogen) atoms. The fourth-order valence-electron chi connectivity index (χ4n) is 6.18. The standard InChI is InChI=1S/C24H32N2O5/c1-6-15-12-25(3)8-7-24-18-10-20(30-4)21(31-5)11-19(18)26(14(2)28)23(24)17(13-27)16(15)9-22(24)29/h6,10-11,16-17,23,27H,7-9,12-13H2,1-5H3. The van der Waals surface area contributed by atoms with Crippen LogP contribution in [0.3, 0.4) is 0 Å². The van der Waals surface area contributed by atoms with E-state index in [0.717, 1.165) is 17.7 Å². The number of allylic oxidation sites excluding steroid dienone is 1. The van der Waals surface area contributed by atoms with Gasteiger partial charge in [0.1, 0.15) is 5.78 Å². The van der Waals surface area contributed by atoms with E-state index in [-0.39, 0.29) is 30.1 Å². The Labute approximate surface area is 183 Å². The number of aliphatic hydroxyl groups is 1. The van der Waals surface area contributed by atoms with Crippen molar-refractivity contribution < 1.29 is 24.2 Å². The summed E-state index contributed by atoms with van der Waals surface area (Å²) in [6, 6.07) is 3.23. The van der Waals surface area contributed by atoms with E-state index >= 15 is 0 Å². The minimum absolute atomic E-state index is 0.0859. The Morgan fingerprint density at radius 2 is 1.97 bits per heavy atom. The number of hydrogen-bond donors (Lipinski definition) is 1. The Morgan fingerprint density at radius 3 is 2.55 bits per heavy atom. The van der Waals surface area contributed by atoms with Gasteiger partial charge in [0.05, 0.1) is 31.4 Å². The molecule has 3 heterocycles. The van der Waals surface area contributed by atoms with Crippen molar-refractivity contribution in [3.8, 4) is 11.5 Å². The largest absolute Gasteiger partial charge is 0.493 e. The maximum Gasteiger partial charge on any atom is 0.224 e. The summed E-state index contributed by atoms with van der Waals surface area (Å²) >= 11 is 0. The summed E-state index contributed by atoms with van der Waals surface area (Å²) in [6.45, 7) is 4.90. The number of ether oxygens (including phenoxy) is 2. The van der Waals surface area contributed by atoms with Crippen molar-refractivity contribution in [2.45, 2.75) is 38.1 Å². The quantitative estimate of drug-likeness (QED) is 0.744. The Balaban J connectivity index is 2.03. The van der Waals surface area contributed by atoms with Crippen molar-refractivity contribution in [1.29, 1.82) is 0 Å². The van der Waals surface area contributed by atoms with Crippen LogP contribution >= 0.6 is 0 Å². The molecule has 4 unspecified atom stereocenters. The second-order valence-electron chi connectivity index (χ2n) is 8.96. The van der Waals surface area contributed by atoms with Crippen LogP contribution < -0.4 is 14.4 Å². The number of amides is 1. The average molecular weight is 429 g/mol. The van der Waals surface area contributed by atoms with Crippen LogP contribution in [0.5, 0.6) is 11.5 Å². The molecule has 1 aromatic rings. The highest BCUT2D eigenvalue weighted by atomic mass is 16.5. The first-order valence-corrected chi connectivity index (χ1v) is 10.9. The van der Waals surface area contributed by atoms with Crippen molar-refractivity contribution in [3.63, 3.8) is 0 Å². The van der Waals surface area contributed by atoms with Gasteiger partial charge in [0.2, 0.25) is 5.91 Å². The van der Waals surface area contributed by atoms with E-state index in [1.54, 1.807) is 25.2 Å². The molecule has 1 N–H and O–H groups in total. The van der Waals surface area contributed by atoms with Crippen molar-refractivity contribution >= 4 is 17.4 Å². The van der Waals surface area contributed by atoms with Gasteiger partial charge in [-0.05, 0) is 44.5 Å². The highest BCUT2D eigenvalue weighted by Gasteiger charge is 2.63. The van der Waals surface area contributed by atoms with Crippen LogP contribution in [-0.4, -0.2) is 68.7 Å². The average Bonchev–Trinajstić information content (AvgIpc) is 3.08. The van der Waals surface area contributed by atoms with Gasteiger partial charge in [0, 0.05) is 38.5 Å². The molecular formula is C24H32N2O5. The Morgan fingerprint density at radius 1 is 1.29 bits per heavy atom. The summed E-state index contributed by atoms with van der Waals surface area (Å²) < 4.78 is 11.1. The number of nitrogens with zero attached hydrogens (tertiary/aromatic N) is 2. The zero-order chi connectivity index (χ0) is 22.5. The van der Waals surface area contributed by atoms with E-state index in [2.05, 4.69) is 18.0 Å². The fourth-order valence-corrected chi connectivity index (χ4v) is 6.18. The lowest BCUT2D eigenvalue weighted by molar-refractivity contribution is -0.131. The summed E-state index contributed by atoms with van der Waals surface area (Å²) in [4.78, 5) is 30.9. The number of rotatable bonds is 3. The molecule has 0 radical (unpaired) electrons. The lowest BCUT2D eigenvalue weighted by Crippen LogP contribution is -2.61. The molecule has 4 atom stereocenters. The first-order valence-electron chi connectivity index (χ1n) is 10.9. The third-order valence-corrected chi connectivity index (χ3v) is 7.59. The number of benzene rings is 1. The molecule has 2 saturated heterocycles. The monoisotopic (exact) mass is 428 g/mol. The fraction of sp³-hybridized carbons (Fsp3) is 0.583. The maximum atomic E-state index is 14.0. The van der Waals surface area contributed by atoms with Crippen LogP contribution in [0.4, 0.5) is 5.69 Å². The normalized spacial score (nSPS) is 31.7. The highest BCUT2D eigenvalue weighted by Crippen LogP contribution is 2.58. The van der Waals surface area contributed by atoms with Gasteiger partial charge < -0.3 is 24.4 Å². The number of fused-ring (bicyclic) bond motifs is 6. The SMILES string of the molecule is CC=C1CN(C)CCC23C(=O)CC1C(CO)C2N(C(C)=O)c1cc(OC)c(OC)cc13. The summed E-state index contributed by atoms with van der Waals surface area (Å²) in [7, 11) is 5.19. The Bertz CT molecular complexity index is 942. The molecule has 7 nitrogen and oxygen atoms in total. The maximum absolute atomic E-state index is 14.0. The smallest absolute Gasteiger partial charge is 0.224 e. The molecule has 1 aliphatic carbocycles. The molecule has 2 bridgehead atoms. The molecule has 5 rings (SSSR count). The molecule has 4 aliphatic rings. The second kappa shape index (κ2) is 7.95. The van der Waals surface area contributed by atoms with Gasteiger partial charge in [0.25, 0.3) is 0 Å². The number of anilines is 1. The minimum Gasteiger partial charge on any atom is -0.493 e. The van der Waals surface area contributed by atoms with E-state index in [0.29, 0.717) is 36.6 Å². The lowest BCUT2D eigenvalue weighted by atomic mass is 9.57. The van der Waals surface area contributed by atoms with E-state index in [1.807, 2.05) is 13.0 Å². The van der Waals surface area contributed by atoms with E-state index in [9.17, 15) is 14.7 Å². The van der Waals surface area contributed by atoms with Crippen LogP contribution in [0.2, 0.25) is 0 Å². The van der Waals surface area contributed by atoms with Crippen molar-refractivity contribution in [2.24, 2.45) is 11.8 Å². The first-order chi connectivity index (χ1) is 14.8. The summed E-state index contributed by atoms with van der Waals surface area (Å²) in [5.74, 6) is 0.729. The lowest BCUT2D eigenvalue weighted by Gasteiger charge is -2.48. The molecule has 3 aliphatic heterocycles. The summed E-state index contributed by atoms with van der Waals surface area (Å²) in [6.07, 6.45) is 3.02. The van der Waals surface area contributed by atoms with Crippen molar-refractivity contribution in [3.05, 3.63) is 29.3 Å². The minimum atomic E-state index is -0.873. The third-order valence-electron chi connectivity index (χ3n) is 7.59. The second-order valence-corrected chi connectivity index (χ2v) is 8.96. The number of carbonyl (C=O) groups is 2. The summed E-state index contributed by atoms with van der Waals surface area (Å²) in [5, 5.41) is 10.6. The van der Waals surface area contributed by atoms with Crippen LogP contribution in [0.15, 0.2) is 23.8 Å². The zero-order valence-electron chi connectivity index (χ0n) is 19.0. The number of carbonyl (C=O) groups excluding carboxylic acids is 2. The molecule has 1 aromatic carbocycles. The molecular weight excluding hydrogens is 396 g/mol. The highest BCUT2D eigenvalue weighted by molar-refractivity contribution is 6.05. The number of hydrogen-bond acceptors (Lipinski definition) is 6. The van der Waals surface area contributed by atoms with Gasteiger partial charge in [-0.15, -0.1) is 0 Å². The van der Waals surface area contributed by atoms with Gasteiger partial charge in [-0.3, -0.25) is 9.59 Å². The third kappa shape index (κ3) is 3.01. The van der Waals surface area contributed by atoms with E-state index in [4.69, 9.17) is 9.47 Å². The van der Waals surface area contributed by atoms with Gasteiger partial charge in [0.15, 0.2) is 11.5 Å². The predicted molar refractivity (Wildman–Crippen MR) is 118 cm³/mol. The number of Topliss-reactive ketones (excluding diaryl/α,β-unsaturated/α-hetero) is 1. The molecule has 1 spiro atoms. The first kappa shape index (κ1) is 21.8. The van der Waals surface area contributed by atoms with Gasteiger partial charge >= 0.3 is 0 Å². The number of likely N-dealkylation sites (N-methyl/N-ethyl adjacent to an activating group) is 1. The molecule has 0 aromatic heterocycles. The molecule has 1 saturated carbocycles. The van der Waals surface area contributed by atoms with Gasteiger partial charge in [-0.2, -0.15) is 0 Å². The molecule has 7 heteroatoms. The van der Waals surface area contributed by atoms with Crippen molar-refractivity contribution in [2.75, 3.05) is 45.9 Å². The number of ketones is 1. The Kier molecular flexibility index (Phi) is 5.60. The van der Waals surface area contributed by atoms with Crippen LogP contribution in [0.25, 0.3) is 0 Å².